The summed E-state index contributed by atoms with van der Waals surface area (Å²) in [6.07, 6.45) is 8.76. The van der Waals surface area contributed by atoms with Crippen LogP contribution in [0.4, 0.5) is 0 Å². The normalized spacial score (nSPS) is 29.5. The van der Waals surface area contributed by atoms with Gasteiger partial charge in [-0.05, 0) is 68.1 Å². The van der Waals surface area contributed by atoms with E-state index in [-0.39, 0.29) is 46.7 Å². The van der Waals surface area contributed by atoms with Gasteiger partial charge in [0.1, 0.15) is 0 Å². The van der Waals surface area contributed by atoms with Gasteiger partial charge < -0.3 is 20.2 Å². The summed E-state index contributed by atoms with van der Waals surface area (Å²) in [5.74, 6) is 0.495. The monoisotopic (exact) mass is 440 g/mol. The van der Waals surface area contributed by atoms with Crippen molar-refractivity contribution in [3.05, 3.63) is 39.5 Å². The molecule has 1 aromatic heterocycles. The second-order valence-electron chi connectivity index (χ2n) is 8.53. The molecule has 0 spiro atoms. The Bertz CT molecular complexity index is 1030. The molecule has 0 saturated heterocycles. The Morgan fingerprint density at radius 3 is 2.52 bits per heavy atom. The molecule has 29 heavy (non-hydrogen) atoms. The van der Waals surface area contributed by atoms with Crippen LogP contribution in [-0.2, 0) is 4.79 Å². The van der Waals surface area contributed by atoms with Crippen molar-refractivity contribution in [3.8, 4) is 0 Å². The van der Waals surface area contributed by atoms with Crippen LogP contribution in [0.3, 0.4) is 0 Å². The number of fused-ring (bicyclic) bond motifs is 1. The molecule has 4 aliphatic carbocycles. The van der Waals surface area contributed by atoms with Gasteiger partial charge in [0.25, 0.3) is 0 Å². The smallest absolute Gasteiger partial charge is 0.543 e. The number of amides is 1. The van der Waals surface area contributed by atoms with E-state index in [4.69, 9.17) is 23.2 Å². The van der Waals surface area contributed by atoms with Gasteiger partial charge in [-0.1, -0.05) is 23.2 Å². The van der Waals surface area contributed by atoms with Crippen LogP contribution in [0.15, 0.2) is 18.2 Å². The molecule has 1 aromatic carbocycles. The molecule has 146 valence electrons. The van der Waals surface area contributed by atoms with E-state index in [9.17, 15) is 14.7 Å². The minimum atomic E-state index is -1.37. The van der Waals surface area contributed by atoms with Gasteiger partial charge in [-0.2, -0.15) is 0 Å². The average Bonchev–Trinajstić information content (AvgIpc) is 3.16. The van der Waals surface area contributed by atoms with Crippen LogP contribution < -0.4 is 40.0 Å². The molecule has 1 heterocycles. The predicted octanol–water partition coefficient (Wildman–Crippen LogP) is 0.550. The summed E-state index contributed by atoms with van der Waals surface area (Å²) in [4.78, 5) is 27.0. The van der Waals surface area contributed by atoms with Crippen molar-refractivity contribution in [2.24, 2.45) is 17.8 Å². The van der Waals surface area contributed by atoms with Crippen molar-refractivity contribution in [2.45, 2.75) is 37.6 Å². The fraction of sp³-hybridized carbons (Fsp3) is 0.429. The van der Waals surface area contributed by atoms with E-state index in [1.807, 2.05) is 0 Å². The zero-order valence-corrected chi connectivity index (χ0v) is 19.6. The van der Waals surface area contributed by atoms with E-state index in [1.54, 1.807) is 12.1 Å². The van der Waals surface area contributed by atoms with Gasteiger partial charge in [-0.25, -0.2) is 0 Å². The summed E-state index contributed by atoms with van der Waals surface area (Å²) >= 11 is 12.3. The van der Waals surface area contributed by atoms with Gasteiger partial charge in [0.05, 0.1) is 16.7 Å². The molecule has 4 fully saturated rings. The van der Waals surface area contributed by atoms with Crippen LogP contribution in [0.1, 0.15) is 48.2 Å². The van der Waals surface area contributed by atoms with Gasteiger partial charge in [0.2, 0.25) is 5.91 Å². The SMILES string of the molecule is O=C(/C=C/c1c(C(=O)[O-])[nH]c2cc(Cl)cc(Cl)c12)NC12C[C@@H]3CC1C[C@@H](C3)C2.[Na+]. The number of carboxylic acid groups (broad SMARTS) is 1. The van der Waals surface area contributed by atoms with E-state index in [0.29, 0.717) is 32.4 Å². The maximum atomic E-state index is 12.7. The quantitative estimate of drug-likeness (QED) is 0.537. The minimum Gasteiger partial charge on any atom is -0.543 e. The van der Waals surface area contributed by atoms with Crippen molar-refractivity contribution in [3.63, 3.8) is 0 Å². The molecule has 0 radical (unpaired) electrons. The second kappa shape index (κ2) is 7.61. The number of carboxylic acids is 1. The molecule has 6 rings (SSSR count). The van der Waals surface area contributed by atoms with Gasteiger partial charge in [-0.3, -0.25) is 4.79 Å². The molecule has 4 atom stereocenters. The molecule has 4 saturated carbocycles. The first kappa shape index (κ1) is 21.3. The Kier molecular flexibility index (Phi) is 5.58. The molecule has 2 N–H and O–H groups in total. The van der Waals surface area contributed by atoms with E-state index in [0.717, 1.165) is 24.7 Å². The van der Waals surface area contributed by atoms with Crippen molar-refractivity contribution < 1.29 is 44.3 Å². The Morgan fingerprint density at radius 1 is 1.17 bits per heavy atom. The Labute approximate surface area is 200 Å². The molecule has 8 heteroatoms. The molecule has 0 aliphatic heterocycles. The summed E-state index contributed by atoms with van der Waals surface area (Å²) < 4.78 is 0. The molecular weight excluding hydrogens is 422 g/mol. The largest absolute Gasteiger partial charge is 1.00 e. The Hall–Kier alpha value is -0.980. The topological polar surface area (TPSA) is 85.0 Å². The Morgan fingerprint density at radius 2 is 1.86 bits per heavy atom. The summed E-state index contributed by atoms with van der Waals surface area (Å²) in [6, 6.07) is 3.14. The molecule has 2 aromatic rings. The predicted molar refractivity (Wildman–Crippen MR) is 106 cm³/mol. The van der Waals surface area contributed by atoms with Crippen LogP contribution in [0.5, 0.6) is 0 Å². The van der Waals surface area contributed by atoms with Gasteiger partial charge in [0, 0.05) is 33.1 Å². The van der Waals surface area contributed by atoms with E-state index in [2.05, 4.69) is 10.3 Å². The van der Waals surface area contributed by atoms with Crippen molar-refractivity contribution in [2.75, 3.05) is 0 Å². The van der Waals surface area contributed by atoms with Crippen molar-refractivity contribution in [1.29, 1.82) is 0 Å². The van der Waals surface area contributed by atoms with Crippen LogP contribution in [0.25, 0.3) is 17.0 Å². The summed E-state index contributed by atoms with van der Waals surface area (Å²) in [5.41, 5.74) is 0.614. The Balaban J connectivity index is 0.00000205. The van der Waals surface area contributed by atoms with E-state index >= 15 is 0 Å². The summed E-state index contributed by atoms with van der Waals surface area (Å²) in [6.45, 7) is 0. The van der Waals surface area contributed by atoms with Gasteiger partial charge >= 0.3 is 29.6 Å². The van der Waals surface area contributed by atoms with Gasteiger partial charge in [-0.15, -0.1) is 0 Å². The number of benzene rings is 1. The molecule has 4 aliphatic rings. The first-order chi connectivity index (χ1) is 13.3. The molecule has 1 amide bonds. The molecule has 5 nitrogen and oxygen atoms in total. The number of rotatable bonds is 4. The number of H-pyrrole nitrogens is 1. The van der Waals surface area contributed by atoms with Crippen molar-refractivity contribution >= 4 is 52.1 Å². The summed E-state index contributed by atoms with van der Waals surface area (Å²) in [7, 11) is 0. The first-order valence-corrected chi connectivity index (χ1v) is 10.3. The van der Waals surface area contributed by atoms with Crippen LogP contribution in [0.2, 0.25) is 10.0 Å². The van der Waals surface area contributed by atoms with Gasteiger partial charge in [0.15, 0.2) is 0 Å². The number of aromatic amines is 1. The zero-order chi connectivity index (χ0) is 19.6. The second-order valence-corrected chi connectivity index (χ2v) is 9.38. The third-order valence-corrected chi connectivity index (χ3v) is 7.34. The number of carbonyl (C=O) groups is 2. The molecular formula is C21H19Cl2N2NaO3. The maximum absolute atomic E-state index is 12.7. The number of nitrogens with one attached hydrogen (secondary N) is 2. The van der Waals surface area contributed by atoms with Crippen LogP contribution in [-0.4, -0.2) is 22.4 Å². The average molecular weight is 441 g/mol. The number of aromatic carboxylic acids is 1. The third kappa shape index (κ3) is 3.55. The number of aromatic nitrogens is 1. The fourth-order valence-electron chi connectivity index (χ4n) is 6.05. The first-order valence-electron chi connectivity index (χ1n) is 9.57. The number of carbonyl (C=O) groups excluding carboxylic acids is 2. The third-order valence-electron chi connectivity index (χ3n) is 6.82. The van der Waals surface area contributed by atoms with E-state index < -0.39 is 5.97 Å². The van der Waals surface area contributed by atoms with Crippen LogP contribution >= 0.6 is 23.2 Å². The standard InChI is InChI=1S/C21H20Cl2N2O3.Na/c22-13-6-15(23)18-14(19(20(27)28)24-16(18)7-13)1-2-17(26)25-21-8-10-3-11(9-21)5-12(21)4-10;/h1-2,6-7,10-12,24H,3-5,8-9H2,(H,25,26)(H,27,28);/q;+1/p-1/b2-1+;/t10-,11+,12?,21?;. The summed E-state index contributed by atoms with van der Waals surface area (Å²) in [5, 5.41) is 16.0. The zero-order valence-electron chi connectivity index (χ0n) is 16.1. The fourth-order valence-corrected chi connectivity index (χ4v) is 6.64. The number of hydrogen-bond donors (Lipinski definition) is 2. The molecule has 2 unspecified atom stereocenters. The maximum Gasteiger partial charge on any atom is 1.00 e. The van der Waals surface area contributed by atoms with Crippen molar-refractivity contribution in [1.82, 2.24) is 10.3 Å². The minimum absolute atomic E-state index is 0. The van der Waals surface area contributed by atoms with Crippen LogP contribution in [0, 0.1) is 17.8 Å². The number of hydrogen-bond acceptors (Lipinski definition) is 3. The molecule has 4 bridgehead atoms. The van der Waals surface area contributed by atoms with E-state index in [1.165, 1.54) is 31.4 Å². The number of halogens is 2.